The predicted octanol–water partition coefficient (Wildman–Crippen LogP) is -1.52. The molecule has 0 aliphatic rings. The molecule has 0 unspecified atom stereocenters. The first-order valence-electron chi connectivity index (χ1n) is 7.34. The molecule has 1 aromatic heterocycles. The van der Waals surface area contributed by atoms with Crippen molar-refractivity contribution in [2.24, 2.45) is 5.73 Å². The molecule has 130 valence electrons. The van der Waals surface area contributed by atoms with E-state index in [-0.39, 0.29) is 11.1 Å². The fraction of sp³-hybridized carbons (Fsp3) is 0.375. The minimum Gasteiger partial charge on any atom is -0.394 e. The van der Waals surface area contributed by atoms with Gasteiger partial charge in [0.15, 0.2) is 0 Å². The predicted molar refractivity (Wildman–Crippen MR) is 86.3 cm³/mol. The molecule has 1 amide bonds. The quantitative estimate of drug-likeness (QED) is 0.376. The van der Waals surface area contributed by atoms with Gasteiger partial charge in [0.05, 0.1) is 18.6 Å². The van der Waals surface area contributed by atoms with Crippen LogP contribution in [-0.4, -0.2) is 56.2 Å². The van der Waals surface area contributed by atoms with Crippen LogP contribution in [0.2, 0.25) is 0 Å². The molecule has 0 spiro atoms. The summed E-state index contributed by atoms with van der Waals surface area (Å²) in [5.74, 6) is -2.24. The molecule has 0 aliphatic carbocycles. The van der Waals surface area contributed by atoms with Crippen molar-refractivity contribution >= 4 is 16.8 Å². The highest BCUT2D eigenvalue weighted by atomic mass is 16.4. The SMILES string of the molecule is [11CH3]c1cc(=O)[nH]c2cc([C@@H](C(N)=O)[C@@H](O)[C@H](O)[C@H](O)CO)ccc12. The van der Waals surface area contributed by atoms with E-state index in [9.17, 15) is 24.9 Å². The first-order chi connectivity index (χ1) is 11.3. The van der Waals surface area contributed by atoms with Gasteiger partial charge in [0.25, 0.3) is 0 Å². The number of aromatic amines is 1. The summed E-state index contributed by atoms with van der Waals surface area (Å²) in [6.45, 7) is 0.979. The lowest BCUT2D eigenvalue weighted by molar-refractivity contribution is -0.128. The number of aryl methyl sites for hydroxylation is 1. The van der Waals surface area contributed by atoms with E-state index in [2.05, 4.69) is 4.98 Å². The maximum absolute atomic E-state index is 11.8. The molecule has 1 aromatic carbocycles. The average Bonchev–Trinajstić information content (AvgIpc) is 2.52. The second kappa shape index (κ2) is 7.10. The molecular weight excluding hydrogens is 315 g/mol. The second-order valence-electron chi connectivity index (χ2n) is 5.73. The molecule has 8 heteroatoms. The van der Waals surface area contributed by atoms with E-state index in [1.807, 2.05) is 0 Å². The van der Waals surface area contributed by atoms with Crippen molar-refractivity contribution in [1.29, 1.82) is 0 Å². The lowest BCUT2D eigenvalue weighted by atomic mass is 9.86. The highest BCUT2D eigenvalue weighted by Crippen LogP contribution is 2.26. The van der Waals surface area contributed by atoms with E-state index in [1.165, 1.54) is 12.1 Å². The van der Waals surface area contributed by atoms with Gasteiger partial charge in [-0.05, 0) is 24.1 Å². The summed E-state index contributed by atoms with van der Waals surface area (Å²) in [6, 6.07) is 6.13. The summed E-state index contributed by atoms with van der Waals surface area (Å²) in [5, 5.41) is 39.1. The van der Waals surface area contributed by atoms with Crippen LogP contribution in [0.4, 0.5) is 0 Å². The van der Waals surface area contributed by atoms with Gasteiger partial charge in [0.2, 0.25) is 11.5 Å². The molecular formula is C16H20N2O6. The Labute approximate surface area is 137 Å². The molecule has 0 aliphatic heterocycles. The number of nitrogens with one attached hydrogen (secondary N) is 1. The van der Waals surface area contributed by atoms with E-state index in [0.29, 0.717) is 5.52 Å². The number of carbonyl (C=O) groups is 1. The lowest BCUT2D eigenvalue weighted by Gasteiger charge is -2.27. The number of hydrogen-bond donors (Lipinski definition) is 6. The number of hydrogen-bond acceptors (Lipinski definition) is 6. The van der Waals surface area contributed by atoms with Crippen molar-refractivity contribution in [3.8, 4) is 0 Å². The first-order valence-corrected chi connectivity index (χ1v) is 7.34. The number of benzene rings is 1. The second-order valence-corrected chi connectivity index (χ2v) is 5.73. The molecule has 0 fully saturated rings. The van der Waals surface area contributed by atoms with Crippen molar-refractivity contribution in [1.82, 2.24) is 4.98 Å². The molecule has 24 heavy (non-hydrogen) atoms. The van der Waals surface area contributed by atoms with Crippen LogP contribution in [0.25, 0.3) is 10.9 Å². The van der Waals surface area contributed by atoms with Crippen LogP contribution >= 0.6 is 0 Å². The zero-order chi connectivity index (χ0) is 18.0. The minimum absolute atomic E-state index is 0.271. The monoisotopic (exact) mass is 335 g/mol. The van der Waals surface area contributed by atoms with Crippen LogP contribution < -0.4 is 11.3 Å². The molecule has 2 aromatic rings. The molecule has 4 atom stereocenters. The van der Waals surface area contributed by atoms with Crippen molar-refractivity contribution in [2.75, 3.05) is 6.61 Å². The Bertz CT molecular complexity index is 803. The summed E-state index contributed by atoms with van der Waals surface area (Å²) in [7, 11) is 0. The molecule has 0 saturated carbocycles. The third-order valence-corrected chi connectivity index (χ3v) is 4.01. The number of pyridine rings is 1. The summed E-state index contributed by atoms with van der Waals surface area (Å²) >= 11 is 0. The van der Waals surface area contributed by atoms with E-state index < -0.39 is 36.7 Å². The van der Waals surface area contributed by atoms with Crippen LogP contribution in [0.15, 0.2) is 29.1 Å². The standard InChI is InChI=1S/C16H20N2O6/c1-7-4-12(21)18-10-5-8(2-3-9(7)10)13(16(17)24)15(23)14(22)11(20)6-19/h2-5,11,13-15,19-20,22-23H,6H2,1H3,(H2,17,24)(H,18,21)/t11-,13-,14-,15-/m1/s1/i1-1. The number of carbonyl (C=O) groups excluding carboxylic acids is 1. The van der Waals surface area contributed by atoms with Gasteiger partial charge in [0, 0.05) is 17.0 Å². The van der Waals surface area contributed by atoms with Gasteiger partial charge < -0.3 is 31.1 Å². The summed E-state index contributed by atoms with van der Waals surface area (Å²) in [5.41, 5.74) is 6.48. The molecule has 0 bridgehead atoms. The maximum atomic E-state index is 11.8. The van der Waals surface area contributed by atoms with Gasteiger partial charge >= 0.3 is 0 Å². The zero-order valence-corrected chi connectivity index (χ0v) is 13.0. The Hall–Kier alpha value is -2.26. The molecule has 0 saturated heterocycles. The maximum Gasteiger partial charge on any atom is 0.248 e. The topological polar surface area (TPSA) is 157 Å². The van der Waals surface area contributed by atoms with Crippen LogP contribution in [0.5, 0.6) is 0 Å². The highest BCUT2D eigenvalue weighted by Gasteiger charge is 2.35. The Morgan fingerprint density at radius 2 is 1.88 bits per heavy atom. The van der Waals surface area contributed by atoms with Gasteiger partial charge in [-0.3, -0.25) is 9.59 Å². The summed E-state index contributed by atoms with van der Waals surface area (Å²) < 4.78 is 0. The molecule has 8 nitrogen and oxygen atoms in total. The Kier molecular flexibility index (Phi) is 5.35. The van der Waals surface area contributed by atoms with E-state index in [4.69, 9.17) is 10.8 Å². The minimum atomic E-state index is -1.76. The number of aliphatic hydroxyl groups is 4. The Morgan fingerprint density at radius 1 is 1.21 bits per heavy atom. The number of nitrogens with two attached hydrogens (primary N) is 1. The fourth-order valence-electron chi connectivity index (χ4n) is 2.71. The van der Waals surface area contributed by atoms with Gasteiger partial charge in [-0.2, -0.15) is 0 Å². The normalized spacial score (nSPS) is 16.5. The number of fused-ring (bicyclic) bond motifs is 1. The molecule has 0 radical (unpaired) electrons. The number of amides is 1. The van der Waals surface area contributed by atoms with E-state index in [0.717, 1.165) is 10.9 Å². The van der Waals surface area contributed by atoms with Crippen LogP contribution in [0, 0.1) is 6.92 Å². The smallest absolute Gasteiger partial charge is 0.248 e. The molecule has 2 rings (SSSR count). The van der Waals surface area contributed by atoms with Crippen molar-refractivity contribution < 1.29 is 25.2 Å². The number of H-pyrrole nitrogens is 1. The van der Waals surface area contributed by atoms with Gasteiger partial charge in [-0.1, -0.05) is 12.1 Å². The summed E-state index contributed by atoms with van der Waals surface area (Å²) in [6.07, 6.45) is -5.11. The number of aromatic nitrogens is 1. The number of rotatable bonds is 6. The van der Waals surface area contributed by atoms with Crippen molar-refractivity contribution in [3.05, 3.63) is 45.7 Å². The van der Waals surface area contributed by atoms with Crippen LogP contribution in [0.3, 0.4) is 0 Å². The van der Waals surface area contributed by atoms with Gasteiger partial charge in [-0.15, -0.1) is 0 Å². The average molecular weight is 335 g/mol. The van der Waals surface area contributed by atoms with Gasteiger partial charge in [0.1, 0.15) is 12.2 Å². The molecule has 1 heterocycles. The third kappa shape index (κ3) is 3.46. The fourth-order valence-corrected chi connectivity index (χ4v) is 2.71. The Morgan fingerprint density at radius 3 is 2.46 bits per heavy atom. The largest absolute Gasteiger partial charge is 0.394 e. The first kappa shape index (κ1) is 18.1. The zero-order valence-electron chi connectivity index (χ0n) is 13.0. The molecule has 7 N–H and O–H groups in total. The van der Waals surface area contributed by atoms with E-state index in [1.54, 1.807) is 19.1 Å². The number of primary amides is 1. The lowest BCUT2D eigenvalue weighted by Crippen LogP contribution is -2.46. The summed E-state index contributed by atoms with van der Waals surface area (Å²) in [4.78, 5) is 26.0. The number of aliphatic hydroxyl groups excluding tert-OH is 4. The van der Waals surface area contributed by atoms with Crippen molar-refractivity contribution in [2.45, 2.75) is 31.2 Å². The third-order valence-electron chi connectivity index (χ3n) is 4.01. The van der Waals surface area contributed by atoms with Crippen molar-refractivity contribution in [3.63, 3.8) is 0 Å². The highest BCUT2D eigenvalue weighted by molar-refractivity contribution is 5.87. The van der Waals surface area contributed by atoms with Gasteiger partial charge in [-0.25, -0.2) is 0 Å². The Balaban J connectivity index is 2.50. The van der Waals surface area contributed by atoms with Crippen LogP contribution in [0.1, 0.15) is 17.0 Å². The van der Waals surface area contributed by atoms with E-state index >= 15 is 0 Å². The van der Waals surface area contributed by atoms with Crippen LogP contribution in [-0.2, 0) is 4.79 Å².